The third-order valence-electron chi connectivity index (χ3n) is 5.42. The van der Waals surface area contributed by atoms with Gasteiger partial charge in [-0.1, -0.05) is 39.8 Å². The summed E-state index contributed by atoms with van der Waals surface area (Å²) in [5, 5.41) is 3.80. The average Bonchev–Trinajstić information content (AvgIpc) is 2.87. The lowest BCUT2D eigenvalue weighted by atomic mass is 9.80. The molecule has 0 spiro atoms. The Morgan fingerprint density at radius 3 is 2.35 bits per heavy atom. The van der Waals surface area contributed by atoms with Crippen molar-refractivity contribution in [2.45, 2.75) is 53.5 Å². The zero-order chi connectivity index (χ0) is 12.6. The van der Waals surface area contributed by atoms with E-state index in [-0.39, 0.29) is 0 Å². The lowest BCUT2D eigenvalue weighted by molar-refractivity contribution is 0.210. The van der Waals surface area contributed by atoms with Crippen molar-refractivity contribution in [2.24, 2.45) is 29.1 Å². The van der Waals surface area contributed by atoms with Gasteiger partial charge in [0.15, 0.2) is 0 Å². The van der Waals surface area contributed by atoms with Gasteiger partial charge in [0, 0.05) is 12.6 Å². The fourth-order valence-corrected chi connectivity index (χ4v) is 3.18. The Morgan fingerprint density at radius 1 is 1.18 bits per heavy atom. The number of fused-ring (bicyclic) bond motifs is 2. The molecule has 0 saturated heterocycles. The molecule has 4 unspecified atom stereocenters. The molecule has 1 saturated carbocycles. The van der Waals surface area contributed by atoms with Gasteiger partial charge in [0.1, 0.15) is 0 Å². The summed E-state index contributed by atoms with van der Waals surface area (Å²) >= 11 is 0. The molecule has 2 aliphatic carbocycles. The van der Waals surface area contributed by atoms with Gasteiger partial charge < -0.3 is 5.32 Å². The number of hydrogen-bond acceptors (Lipinski definition) is 1. The Kier molecular flexibility index (Phi) is 3.68. The first-order valence-corrected chi connectivity index (χ1v) is 7.32. The van der Waals surface area contributed by atoms with Gasteiger partial charge in [0.25, 0.3) is 0 Å². The Balaban J connectivity index is 1.82. The van der Waals surface area contributed by atoms with E-state index in [4.69, 9.17) is 0 Å². The third kappa shape index (κ3) is 2.76. The first-order valence-electron chi connectivity index (χ1n) is 7.32. The Bertz CT molecular complexity index is 290. The lowest BCUT2D eigenvalue weighted by Crippen LogP contribution is -2.42. The van der Waals surface area contributed by atoms with Gasteiger partial charge in [-0.3, -0.25) is 0 Å². The second-order valence-electron chi connectivity index (χ2n) is 7.26. The predicted molar refractivity (Wildman–Crippen MR) is 74.9 cm³/mol. The third-order valence-corrected chi connectivity index (χ3v) is 5.42. The minimum absolute atomic E-state index is 0.404. The summed E-state index contributed by atoms with van der Waals surface area (Å²) in [6.45, 7) is 12.9. The van der Waals surface area contributed by atoms with Gasteiger partial charge >= 0.3 is 0 Å². The van der Waals surface area contributed by atoms with E-state index < -0.39 is 0 Å². The molecule has 0 amide bonds. The van der Waals surface area contributed by atoms with Crippen LogP contribution in [0.4, 0.5) is 0 Å². The second kappa shape index (κ2) is 4.76. The van der Waals surface area contributed by atoms with Crippen LogP contribution in [-0.2, 0) is 0 Å². The molecule has 1 heteroatoms. The molecule has 0 aromatic rings. The zero-order valence-electron chi connectivity index (χ0n) is 12.2. The number of hydrogen-bond donors (Lipinski definition) is 1. The van der Waals surface area contributed by atoms with E-state index in [0.29, 0.717) is 11.5 Å². The van der Waals surface area contributed by atoms with Crippen molar-refractivity contribution >= 4 is 0 Å². The van der Waals surface area contributed by atoms with Crippen LogP contribution in [0.1, 0.15) is 47.5 Å². The van der Waals surface area contributed by atoms with Crippen molar-refractivity contribution in [1.29, 1.82) is 0 Å². The summed E-state index contributed by atoms with van der Waals surface area (Å²) in [7, 11) is 0. The van der Waals surface area contributed by atoms with Gasteiger partial charge in [-0.2, -0.15) is 0 Å². The van der Waals surface area contributed by atoms with Crippen LogP contribution >= 0.6 is 0 Å². The smallest absolute Gasteiger partial charge is 0.00730 e. The molecule has 98 valence electrons. The monoisotopic (exact) mass is 235 g/mol. The average molecular weight is 235 g/mol. The Hall–Kier alpha value is -0.300. The van der Waals surface area contributed by atoms with Crippen molar-refractivity contribution in [3.8, 4) is 0 Å². The van der Waals surface area contributed by atoms with E-state index in [0.717, 1.165) is 30.2 Å². The first kappa shape index (κ1) is 13.1. The van der Waals surface area contributed by atoms with E-state index in [9.17, 15) is 0 Å². The number of nitrogens with one attached hydrogen (secondary N) is 1. The normalized spacial score (nSPS) is 33.6. The highest BCUT2D eigenvalue weighted by Crippen LogP contribution is 2.44. The summed E-state index contributed by atoms with van der Waals surface area (Å²) < 4.78 is 0. The van der Waals surface area contributed by atoms with Crippen LogP contribution < -0.4 is 5.32 Å². The van der Waals surface area contributed by atoms with Gasteiger partial charge in [-0.25, -0.2) is 0 Å². The van der Waals surface area contributed by atoms with Crippen LogP contribution in [0.5, 0.6) is 0 Å². The summed E-state index contributed by atoms with van der Waals surface area (Å²) in [4.78, 5) is 0. The zero-order valence-corrected chi connectivity index (χ0v) is 12.2. The predicted octanol–water partition coefficient (Wildman–Crippen LogP) is 3.86. The van der Waals surface area contributed by atoms with E-state index >= 15 is 0 Å². The lowest BCUT2D eigenvalue weighted by Gasteiger charge is -2.34. The second-order valence-corrected chi connectivity index (χ2v) is 7.26. The molecule has 2 aliphatic rings. The van der Waals surface area contributed by atoms with Gasteiger partial charge in [-0.15, -0.1) is 0 Å². The van der Waals surface area contributed by atoms with E-state index in [1.54, 1.807) is 0 Å². The van der Waals surface area contributed by atoms with Crippen LogP contribution in [0, 0.1) is 29.1 Å². The summed E-state index contributed by atoms with van der Waals surface area (Å²) in [5.74, 6) is 3.38. The van der Waals surface area contributed by atoms with Crippen molar-refractivity contribution in [2.75, 3.05) is 6.54 Å². The van der Waals surface area contributed by atoms with Crippen molar-refractivity contribution in [1.82, 2.24) is 5.32 Å². The molecule has 0 aromatic carbocycles. The standard InChI is InChI=1S/C16H29N/c1-11(2)16(4,5)10-17-12(3)15-9-13-6-7-14(15)8-13/h6-7,11-15,17H,8-10H2,1-5H3. The highest BCUT2D eigenvalue weighted by atomic mass is 14.9. The van der Waals surface area contributed by atoms with E-state index in [2.05, 4.69) is 52.1 Å². The van der Waals surface area contributed by atoms with Crippen LogP contribution in [0.25, 0.3) is 0 Å². The van der Waals surface area contributed by atoms with E-state index in [1.807, 2.05) is 0 Å². The first-order chi connectivity index (χ1) is 7.90. The molecule has 0 radical (unpaired) electrons. The molecule has 1 nitrogen and oxygen atoms in total. The minimum atomic E-state index is 0.404. The molecule has 17 heavy (non-hydrogen) atoms. The molecule has 1 N–H and O–H groups in total. The maximum absolute atomic E-state index is 3.80. The minimum Gasteiger partial charge on any atom is -0.313 e. The van der Waals surface area contributed by atoms with Crippen LogP contribution in [0.15, 0.2) is 12.2 Å². The summed E-state index contributed by atoms with van der Waals surface area (Å²) in [6.07, 6.45) is 7.73. The van der Waals surface area contributed by atoms with Crippen molar-refractivity contribution in [3.05, 3.63) is 12.2 Å². The van der Waals surface area contributed by atoms with Crippen molar-refractivity contribution < 1.29 is 0 Å². The fourth-order valence-electron chi connectivity index (χ4n) is 3.18. The van der Waals surface area contributed by atoms with Crippen LogP contribution in [0.3, 0.4) is 0 Å². The molecule has 2 bridgehead atoms. The summed E-state index contributed by atoms with van der Waals surface area (Å²) in [6, 6.07) is 0.674. The number of allylic oxidation sites excluding steroid dienone is 2. The SMILES string of the molecule is CC(NCC(C)(C)C(C)C)C1CC2C=CC1C2. The highest BCUT2D eigenvalue weighted by molar-refractivity contribution is 5.11. The molecule has 0 aliphatic heterocycles. The molecule has 0 aromatic heterocycles. The topological polar surface area (TPSA) is 12.0 Å². The quantitative estimate of drug-likeness (QED) is 0.714. The summed E-state index contributed by atoms with van der Waals surface area (Å²) in [5.41, 5.74) is 0.404. The Labute approximate surface area is 107 Å². The molecule has 1 fully saturated rings. The molecular formula is C16H29N. The van der Waals surface area contributed by atoms with Crippen LogP contribution in [-0.4, -0.2) is 12.6 Å². The van der Waals surface area contributed by atoms with Gasteiger partial charge in [0.2, 0.25) is 0 Å². The fraction of sp³-hybridized carbons (Fsp3) is 0.875. The highest BCUT2D eigenvalue weighted by Gasteiger charge is 2.38. The van der Waals surface area contributed by atoms with Crippen LogP contribution in [0.2, 0.25) is 0 Å². The molecule has 4 atom stereocenters. The molecular weight excluding hydrogens is 206 g/mol. The maximum Gasteiger partial charge on any atom is 0.00730 e. The van der Waals surface area contributed by atoms with Gasteiger partial charge in [0.05, 0.1) is 0 Å². The van der Waals surface area contributed by atoms with E-state index in [1.165, 1.54) is 12.8 Å². The maximum atomic E-state index is 3.80. The molecule has 2 rings (SSSR count). The van der Waals surface area contributed by atoms with Crippen molar-refractivity contribution in [3.63, 3.8) is 0 Å². The Morgan fingerprint density at radius 2 is 1.88 bits per heavy atom. The molecule has 0 heterocycles. The van der Waals surface area contributed by atoms with Gasteiger partial charge in [-0.05, 0) is 48.9 Å². The number of rotatable bonds is 5. The largest absolute Gasteiger partial charge is 0.313 e.